The standard InChI is InChI=1S/C17H12F3NO2/c1-21-9-15(10-2-4-11(5-3-10)17(18,19)20)14-8-12(22)6-7-13(14)16(21)23/h2-9,22H,1H3. The Labute approximate surface area is 129 Å². The van der Waals surface area contributed by atoms with Gasteiger partial charge in [0.15, 0.2) is 0 Å². The van der Waals surface area contributed by atoms with Gasteiger partial charge in [0.05, 0.1) is 5.56 Å². The van der Waals surface area contributed by atoms with Gasteiger partial charge in [-0.2, -0.15) is 13.2 Å². The molecule has 118 valence electrons. The van der Waals surface area contributed by atoms with Crippen LogP contribution in [0.4, 0.5) is 13.2 Å². The highest BCUT2D eigenvalue weighted by molar-refractivity contribution is 5.96. The number of halogens is 3. The second kappa shape index (κ2) is 5.15. The monoisotopic (exact) mass is 319 g/mol. The Balaban J connectivity index is 2.26. The van der Waals surface area contributed by atoms with Gasteiger partial charge in [-0.15, -0.1) is 0 Å². The highest BCUT2D eigenvalue weighted by Gasteiger charge is 2.30. The fourth-order valence-corrected chi connectivity index (χ4v) is 2.52. The van der Waals surface area contributed by atoms with E-state index in [1.807, 2.05) is 0 Å². The Kier molecular flexibility index (Phi) is 3.39. The molecule has 0 saturated carbocycles. The first-order chi connectivity index (χ1) is 10.8. The van der Waals surface area contributed by atoms with Crippen LogP contribution in [-0.2, 0) is 13.2 Å². The molecule has 0 amide bonds. The molecule has 0 aliphatic rings. The summed E-state index contributed by atoms with van der Waals surface area (Å²) < 4.78 is 39.4. The lowest BCUT2D eigenvalue weighted by atomic mass is 9.99. The first kappa shape index (κ1) is 15.1. The van der Waals surface area contributed by atoms with Gasteiger partial charge >= 0.3 is 6.18 Å². The summed E-state index contributed by atoms with van der Waals surface area (Å²) in [5.41, 5.74) is 0.129. The number of hydrogen-bond acceptors (Lipinski definition) is 2. The minimum atomic E-state index is -4.40. The topological polar surface area (TPSA) is 42.2 Å². The average Bonchev–Trinajstić information content (AvgIpc) is 2.50. The average molecular weight is 319 g/mol. The number of aromatic hydroxyl groups is 1. The number of aryl methyl sites for hydroxylation is 1. The largest absolute Gasteiger partial charge is 0.508 e. The molecule has 0 aliphatic carbocycles. The molecule has 23 heavy (non-hydrogen) atoms. The first-order valence-electron chi connectivity index (χ1n) is 6.77. The highest BCUT2D eigenvalue weighted by Crippen LogP contribution is 2.33. The minimum Gasteiger partial charge on any atom is -0.508 e. The summed E-state index contributed by atoms with van der Waals surface area (Å²) in [5, 5.41) is 10.5. The van der Waals surface area contributed by atoms with Gasteiger partial charge in [0, 0.05) is 29.6 Å². The van der Waals surface area contributed by atoms with Gasteiger partial charge < -0.3 is 9.67 Å². The summed E-state index contributed by atoms with van der Waals surface area (Å²) in [6.07, 6.45) is -2.85. The SMILES string of the molecule is Cn1cc(-c2ccc(C(F)(F)F)cc2)c2cc(O)ccc2c1=O. The number of aromatic nitrogens is 1. The van der Waals surface area contributed by atoms with Crippen LogP contribution in [0.15, 0.2) is 53.5 Å². The van der Waals surface area contributed by atoms with Crippen molar-refractivity contribution in [1.82, 2.24) is 4.57 Å². The molecule has 1 heterocycles. The van der Waals surface area contributed by atoms with E-state index in [0.717, 1.165) is 12.1 Å². The Hall–Kier alpha value is -2.76. The summed E-state index contributed by atoms with van der Waals surface area (Å²) >= 11 is 0. The number of nitrogens with zero attached hydrogens (tertiary/aromatic N) is 1. The quantitative estimate of drug-likeness (QED) is 0.738. The molecule has 0 bridgehead atoms. The third-order valence-electron chi connectivity index (χ3n) is 3.69. The Morgan fingerprint density at radius 2 is 1.65 bits per heavy atom. The van der Waals surface area contributed by atoms with Gasteiger partial charge in [-0.05, 0) is 35.9 Å². The fraction of sp³-hybridized carbons (Fsp3) is 0.118. The van der Waals surface area contributed by atoms with E-state index in [1.165, 1.54) is 34.9 Å². The van der Waals surface area contributed by atoms with Crippen molar-refractivity contribution in [1.29, 1.82) is 0 Å². The van der Waals surface area contributed by atoms with Crippen LogP contribution in [0, 0.1) is 0 Å². The minimum absolute atomic E-state index is 0.0149. The van der Waals surface area contributed by atoms with Crippen molar-refractivity contribution in [2.24, 2.45) is 7.05 Å². The van der Waals surface area contributed by atoms with Crippen molar-refractivity contribution in [3.8, 4) is 16.9 Å². The molecule has 1 N–H and O–H groups in total. The number of alkyl halides is 3. The fourth-order valence-electron chi connectivity index (χ4n) is 2.52. The van der Waals surface area contributed by atoms with Gasteiger partial charge in [-0.3, -0.25) is 4.79 Å². The van der Waals surface area contributed by atoms with Crippen molar-refractivity contribution < 1.29 is 18.3 Å². The lowest BCUT2D eigenvalue weighted by Gasteiger charge is -2.11. The van der Waals surface area contributed by atoms with Crippen LogP contribution in [0.25, 0.3) is 21.9 Å². The van der Waals surface area contributed by atoms with E-state index in [2.05, 4.69) is 0 Å². The Morgan fingerprint density at radius 1 is 1.00 bits per heavy atom. The Bertz CT molecular complexity index is 941. The molecule has 1 aromatic heterocycles. The van der Waals surface area contributed by atoms with Crippen LogP contribution in [0.1, 0.15) is 5.56 Å². The molecule has 0 saturated heterocycles. The van der Waals surface area contributed by atoms with Crippen LogP contribution in [-0.4, -0.2) is 9.67 Å². The van der Waals surface area contributed by atoms with Gasteiger partial charge in [-0.25, -0.2) is 0 Å². The molecule has 6 heteroatoms. The first-order valence-corrected chi connectivity index (χ1v) is 6.77. The third-order valence-corrected chi connectivity index (χ3v) is 3.69. The second-order valence-corrected chi connectivity index (χ2v) is 5.26. The third kappa shape index (κ3) is 2.67. The predicted molar refractivity (Wildman–Crippen MR) is 81.3 cm³/mol. The number of rotatable bonds is 1. The second-order valence-electron chi connectivity index (χ2n) is 5.26. The predicted octanol–water partition coefficient (Wildman–Crippen LogP) is 3.93. The maximum absolute atomic E-state index is 12.7. The van der Waals surface area contributed by atoms with E-state index in [0.29, 0.717) is 21.9 Å². The Morgan fingerprint density at radius 3 is 2.26 bits per heavy atom. The molecule has 0 spiro atoms. The molecule has 3 aromatic rings. The van der Waals surface area contributed by atoms with Crippen LogP contribution < -0.4 is 5.56 Å². The lowest BCUT2D eigenvalue weighted by Crippen LogP contribution is -2.16. The molecule has 2 aromatic carbocycles. The molecule has 0 aliphatic heterocycles. The normalized spacial score (nSPS) is 11.8. The molecular weight excluding hydrogens is 307 g/mol. The zero-order valence-corrected chi connectivity index (χ0v) is 12.1. The summed E-state index contributed by atoms with van der Waals surface area (Å²) in [6, 6.07) is 9.03. The molecule has 3 rings (SSSR count). The molecule has 0 atom stereocenters. The van der Waals surface area contributed by atoms with E-state index < -0.39 is 11.7 Å². The maximum Gasteiger partial charge on any atom is 0.416 e. The van der Waals surface area contributed by atoms with E-state index >= 15 is 0 Å². The van der Waals surface area contributed by atoms with Crippen LogP contribution in [0.5, 0.6) is 5.75 Å². The van der Waals surface area contributed by atoms with Crippen molar-refractivity contribution in [2.75, 3.05) is 0 Å². The van der Waals surface area contributed by atoms with E-state index in [-0.39, 0.29) is 11.3 Å². The smallest absolute Gasteiger partial charge is 0.416 e. The number of hydrogen-bond donors (Lipinski definition) is 1. The summed E-state index contributed by atoms with van der Waals surface area (Å²) in [7, 11) is 1.57. The summed E-state index contributed by atoms with van der Waals surface area (Å²) in [5.74, 6) is -0.0149. The van der Waals surface area contributed by atoms with Crippen molar-refractivity contribution >= 4 is 10.8 Å². The number of phenols is 1. The van der Waals surface area contributed by atoms with Crippen LogP contribution >= 0.6 is 0 Å². The van der Waals surface area contributed by atoms with Crippen molar-refractivity contribution in [3.05, 3.63) is 64.6 Å². The summed E-state index contributed by atoms with van der Waals surface area (Å²) in [6.45, 7) is 0. The van der Waals surface area contributed by atoms with E-state index in [4.69, 9.17) is 0 Å². The molecule has 3 nitrogen and oxygen atoms in total. The molecule has 0 radical (unpaired) electrons. The van der Waals surface area contributed by atoms with E-state index in [9.17, 15) is 23.1 Å². The van der Waals surface area contributed by atoms with Crippen LogP contribution in [0.3, 0.4) is 0 Å². The number of fused-ring (bicyclic) bond motifs is 1. The maximum atomic E-state index is 12.7. The number of pyridine rings is 1. The van der Waals surface area contributed by atoms with Gasteiger partial charge in [-0.1, -0.05) is 12.1 Å². The van der Waals surface area contributed by atoms with Crippen LogP contribution in [0.2, 0.25) is 0 Å². The van der Waals surface area contributed by atoms with Gasteiger partial charge in [0.25, 0.3) is 5.56 Å². The molecule has 0 fully saturated rings. The number of benzene rings is 2. The van der Waals surface area contributed by atoms with Gasteiger partial charge in [0.2, 0.25) is 0 Å². The molecule has 0 unspecified atom stereocenters. The summed E-state index contributed by atoms with van der Waals surface area (Å²) in [4.78, 5) is 12.1. The van der Waals surface area contributed by atoms with Gasteiger partial charge in [0.1, 0.15) is 5.75 Å². The zero-order chi connectivity index (χ0) is 16.8. The number of phenolic OH excluding ortho intramolecular Hbond substituents is 1. The highest BCUT2D eigenvalue weighted by atomic mass is 19.4. The molecular formula is C17H12F3NO2. The van der Waals surface area contributed by atoms with E-state index in [1.54, 1.807) is 13.2 Å². The zero-order valence-electron chi connectivity index (χ0n) is 12.1. The van der Waals surface area contributed by atoms with Crippen molar-refractivity contribution in [2.45, 2.75) is 6.18 Å². The lowest BCUT2D eigenvalue weighted by molar-refractivity contribution is -0.137. The van der Waals surface area contributed by atoms with Crippen molar-refractivity contribution in [3.63, 3.8) is 0 Å².